The smallest absolute Gasteiger partial charge is 0.0859 e. The summed E-state index contributed by atoms with van der Waals surface area (Å²) in [6, 6.07) is 6.72. The molecule has 1 aliphatic rings. The van der Waals surface area contributed by atoms with Crippen molar-refractivity contribution in [3.05, 3.63) is 41.7 Å². The molecule has 1 aromatic carbocycles. The average molecular weight is 258 g/mol. The summed E-state index contributed by atoms with van der Waals surface area (Å²) in [5.41, 5.74) is 3.61. The molecule has 1 aromatic heterocycles. The standard InChI is InChI=1S/C14H18N4O/c1-11-2-3-14(18-16-4-5-17-18)9-12(11)8-13-10-19-7-6-15-13/h2-5,9,13,15H,6-8,10H2,1H3. The van der Waals surface area contributed by atoms with E-state index in [1.165, 1.54) is 11.1 Å². The Labute approximate surface area is 112 Å². The Morgan fingerprint density at radius 2 is 2.21 bits per heavy atom. The Kier molecular flexibility index (Phi) is 3.57. The lowest BCUT2D eigenvalue weighted by Crippen LogP contribution is -2.42. The van der Waals surface area contributed by atoms with Gasteiger partial charge in [-0.15, -0.1) is 0 Å². The molecule has 0 saturated carbocycles. The van der Waals surface area contributed by atoms with Crippen molar-refractivity contribution in [2.45, 2.75) is 19.4 Å². The minimum absolute atomic E-state index is 0.397. The third-order valence-electron chi connectivity index (χ3n) is 3.45. The molecule has 0 spiro atoms. The first-order valence-corrected chi connectivity index (χ1v) is 6.60. The van der Waals surface area contributed by atoms with Gasteiger partial charge in [0.2, 0.25) is 0 Å². The van der Waals surface area contributed by atoms with E-state index in [1.807, 2.05) is 6.07 Å². The zero-order chi connectivity index (χ0) is 13.1. The van der Waals surface area contributed by atoms with Gasteiger partial charge < -0.3 is 10.1 Å². The van der Waals surface area contributed by atoms with Crippen molar-refractivity contribution in [2.75, 3.05) is 19.8 Å². The normalized spacial score (nSPS) is 19.5. The second kappa shape index (κ2) is 5.50. The highest BCUT2D eigenvalue weighted by Gasteiger charge is 2.15. The molecule has 3 rings (SSSR count). The van der Waals surface area contributed by atoms with Gasteiger partial charge >= 0.3 is 0 Å². The summed E-state index contributed by atoms with van der Waals surface area (Å²) < 4.78 is 5.50. The van der Waals surface area contributed by atoms with Crippen LogP contribution in [0, 0.1) is 6.92 Å². The van der Waals surface area contributed by atoms with Crippen LogP contribution in [-0.2, 0) is 11.2 Å². The van der Waals surface area contributed by atoms with Crippen LogP contribution in [-0.4, -0.2) is 40.8 Å². The molecule has 1 saturated heterocycles. The molecule has 1 atom stereocenters. The molecule has 1 unspecified atom stereocenters. The monoisotopic (exact) mass is 258 g/mol. The predicted molar refractivity (Wildman–Crippen MR) is 72.4 cm³/mol. The first-order chi connectivity index (χ1) is 9.33. The van der Waals surface area contributed by atoms with E-state index in [2.05, 4.69) is 34.6 Å². The van der Waals surface area contributed by atoms with E-state index in [0.717, 1.165) is 31.9 Å². The number of aromatic nitrogens is 3. The maximum absolute atomic E-state index is 5.50. The van der Waals surface area contributed by atoms with E-state index >= 15 is 0 Å². The number of aryl methyl sites for hydroxylation is 1. The van der Waals surface area contributed by atoms with Gasteiger partial charge in [0.15, 0.2) is 0 Å². The van der Waals surface area contributed by atoms with Gasteiger partial charge in [0.05, 0.1) is 31.3 Å². The largest absolute Gasteiger partial charge is 0.379 e. The maximum atomic E-state index is 5.50. The van der Waals surface area contributed by atoms with Crippen LogP contribution < -0.4 is 5.32 Å². The summed E-state index contributed by atoms with van der Waals surface area (Å²) in [5, 5.41) is 11.8. The minimum Gasteiger partial charge on any atom is -0.379 e. The number of nitrogens with zero attached hydrogens (tertiary/aromatic N) is 3. The number of benzene rings is 1. The second-order valence-electron chi connectivity index (χ2n) is 4.86. The zero-order valence-electron chi connectivity index (χ0n) is 11.0. The number of morpholine rings is 1. The van der Waals surface area contributed by atoms with Crippen LogP contribution in [0.25, 0.3) is 5.69 Å². The van der Waals surface area contributed by atoms with Crippen LogP contribution in [0.3, 0.4) is 0 Å². The predicted octanol–water partition coefficient (Wildman–Crippen LogP) is 1.11. The molecule has 0 radical (unpaired) electrons. The van der Waals surface area contributed by atoms with Gasteiger partial charge in [-0.2, -0.15) is 15.0 Å². The molecule has 0 aliphatic carbocycles. The van der Waals surface area contributed by atoms with E-state index in [-0.39, 0.29) is 0 Å². The molecular weight excluding hydrogens is 240 g/mol. The molecule has 100 valence electrons. The Morgan fingerprint density at radius 1 is 1.37 bits per heavy atom. The van der Waals surface area contributed by atoms with Gasteiger partial charge in [-0.05, 0) is 36.6 Å². The van der Waals surface area contributed by atoms with Crippen LogP contribution in [0.15, 0.2) is 30.6 Å². The van der Waals surface area contributed by atoms with Gasteiger partial charge in [0.1, 0.15) is 0 Å². The third-order valence-corrected chi connectivity index (χ3v) is 3.45. The van der Waals surface area contributed by atoms with Crippen LogP contribution in [0.5, 0.6) is 0 Å². The van der Waals surface area contributed by atoms with Gasteiger partial charge in [-0.3, -0.25) is 0 Å². The Morgan fingerprint density at radius 3 is 2.95 bits per heavy atom. The first kappa shape index (κ1) is 12.3. The highest BCUT2D eigenvalue weighted by atomic mass is 16.5. The summed E-state index contributed by atoms with van der Waals surface area (Å²) in [5.74, 6) is 0. The van der Waals surface area contributed by atoms with Gasteiger partial charge in [0.25, 0.3) is 0 Å². The molecule has 19 heavy (non-hydrogen) atoms. The van der Waals surface area contributed by atoms with Crippen molar-refractivity contribution in [3.63, 3.8) is 0 Å². The molecule has 1 N–H and O–H groups in total. The Hall–Kier alpha value is -1.72. The first-order valence-electron chi connectivity index (χ1n) is 6.60. The topological polar surface area (TPSA) is 52.0 Å². The zero-order valence-corrected chi connectivity index (χ0v) is 11.0. The molecule has 2 heterocycles. The number of hydrogen-bond donors (Lipinski definition) is 1. The van der Waals surface area contributed by atoms with Gasteiger partial charge in [0, 0.05) is 12.6 Å². The number of hydrogen-bond acceptors (Lipinski definition) is 4. The van der Waals surface area contributed by atoms with Crippen LogP contribution in [0.1, 0.15) is 11.1 Å². The molecule has 0 bridgehead atoms. The lowest BCUT2D eigenvalue weighted by Gasteiger charge is -2.24. The van der Waals surface area contributed by atoms with Gasteiger partial charge in [-0.25, -0.2) is 0 Å². The number of rotatable bonds is 3. The summed E-state index contributed by atoms with van der Waals surface area (Å²) in [6.07, 6.45) is 4.35. The lowest BCUT2D eigenvalue weighted by molar-refractivity contribution is 0.0770. The van der Waals surface area contributed by atoms with Crippen molar-refractivity contribution in [1.82, 2.24) is 20.3 Å². The molecule has 2 aromatic rings. The van der Waals surface area contributed by atoms with Crippen molar-refractivity contribution in [1.29, 1.82) is 0 Å². The third kappa shape index (κ3) is 2.83. The van der Waals surface area contributed by atoms with E-state index in [0.29, 0.717) is 6.04 Å². The summed E-state index contributed by atoms with van der Waals surface area (Å²) in [7, 11) is 0. The Balaban J connectivity index is 1.81. The van der Waals surface area contributed by atoms with Crippen molar-refractivity contribution in [3.8, 4) is 5.69 Å². The van der Waals surface area contributed by atoms with E-state index in [9.17, 15) is 0 Å². The highest BCUT2D eigenvalue weighted by Crippen LogP contribution is 2.16. The van der Waals surface area contributed by atoms with Crippen molar-refractivity contribution < 1.29 is 4.74 Å². The fraction of sp³-hybridized carbons (Fsp3) is 0.429. The Bertz CT molecular complexity index is 532. The number of nitrogens with one attached hydrogen (secondary N) is 1. The minimum atomic E-state index is 0.397. The second-order valence-corrected chi connectivity index (χ2v) is 4.86. The molecule has 1 fully saturated rings. The lowest BCUT2D eigenvalue weighted by atomic mass is 10.0. The maximum Gasteiger partial charge on any atom is 0.0859 e. The van der Waals surface area contributed by atoms with Crippen LogP contribution in [0.2, 0.25) is 0 Å². The summed E-state index contributed by atoms with van der Waals surface area (Å²) in [6.45, 7) is 4.67. The van der Waals surface area contributed by atoms with Crippen LogP contribution >= 0.6 is 0 Å². The molecule has 5 nitrogen and oxygen atoms in total. The summed E-state index contributed by atoms with van der Waals surface area (Å²) >= 11 is 0. The van der Waals surface area contributed by atoms with Crippen molar-refractivity contribution in [2.24, 2.45) is 0 Å². The summed E-state index contributed by atoms with van der Waals surface area (Å²) in [4.78, 5) is 1.65. The van der Waals surface area contributed by atoms with Crippen LogP contribution in [0.4, 0.5) is 0 Å². The van der Waals surface area contributed by atoms with Gasteiger partial charge in [-0.1, -0.05) is 6.07 Å². The molecule has 5 heteroatoms. The molecule has 0 amide bonds. The fourth-order valence-corrected chi connectivity index (χ4v) is 2.37. The number of ether oxygens (including phenoxy) is 1. The highest BCUT2D eigenvalue weighted by molar-refractivity contribution is 5.39. The molecule has 1 aliphatic heterocycles. The van der Waals surface area contributed by atoms with Crippen molar-refractivity contribution >= 4 is 0 Å². The quantitative estimate of drug-likeness (QED) is 0.896. The van der Waals surface area contributed by atoms with E-state index < -0.39 is 0 Å². The van der Waals surface area contributed by atoms with E-state index in [4.69, 9.17) is 4.74 Å². The van der Waals surface area contributed by atoms with E-state index in [1.54, 1.807) is 17.2 Å². The SMILES string of the molecule is Cc1ccc(-n2nccn2)cc1CC1COCCN1. The fourth-order valence-electron chi connectivity index (χ4n) is 2.37. The molecular formula is C14H18N4O. The average Bonchev–Trinajstić information content (AvgIpc) is 2.96.